The van der Waals surface area contributed by atoms with Crippen molar-refractivity contribution in [2.75, 3.05) is 57.6 Å². The predicted octanol–water partition coefficient (Wildman–Crippen LogP) is 4.61. The van der Waals surface area contributed by atoms with E-state index in [2.05, 4.69) is 48.5 Å². The summed E-state index contributed by atoms with van der Waals surface area (Å²) in [6, 6.07) is 9.80. The zero-order chi connectivity index (χ0) is 25.5. The number of nitrogens with one attached hydrogen (secondary N) is 2. The molecule has 37 heavy (non-hydrogen) atoms. The molecule has 0 saturated carbocycles. The normalized spacial score (nSPS) is 16.2. The van der Waals surface area contributed by atoms with Crippen LogP contribution in [-0.2, 0) is 13.0 Å². The van der Waals surface area contributed by atoms with Crippen LogP contribution >= 0.6 is 0 Å². The monoisotopic (exact) mass is 503 g/mol. The minimum atomic E-state index is 0.493. The molecule has 1 aromatic carbocycles. The number of aromatic nitrogens is 3. The Labute approximate surface area is 219 Å². The van der Waals surface area contributed by atoms with E-state index in [9.17, 15) is 0 Å². The van der Waals surface area contributed by atoms with Crippen LogP contribution in [0.15, 0.2) is 42.7 Å². The van der Waals surface area contributed by atoms with E-state index in [1.165, 1.54) is 43.6 Å². The van der Waals surface area contributed by atoms with Gasteiger partial charge in [0.15, 0.2) is 11.5 Å². The van der Waals surface area contributed by atoms with Crippen molar-refractivity contribution in [2.45, 2.75) is 38.6 Å². The largest absolute Gasteiger partial charge is 0.493 e. The van der Waals surface area contributed by atoms with Crippen LogP contribution in [0.25, 0.3) is 0 Å². The van der Waals surface area contributed by atoms with E-state index in [0.29, 0.717) is 24.1 Å². The smallest absolute Gasteiger partial charge is 0.229 e. The lowest BCUT2D eigenvalue weighted by atomic mass is 10.1. The lowest BCUT2D eigenvalue weighted by Crippen LogP contribution is -2.31. The summed E-state index contributed by atoms with van der Waals surface area (Å²) in [5.74, 6) is 2.62. The van der Waals surface area contributed by atoms with Gasteiger partial charge in [-0.05, 0) is 69.2 Å². The first kappa shape index (κ1) is 25.2. The van der Waals surface area contributed by atoms with Gasteiger partial charge in [0.05, 0.1) is 25.6 Å². The molecule has 2 aliphatic rings. The summed E-state index contributed by atoms with van der Waals surface area (Å²) in [6.45, 7) is 6.14. The Morgan fingerprint density at radius 2 is 1.84 bits per heavy atom. The number of hydrogen-bond acceptors (Lipinski definition) is 9. The van der Waals surface area contributed by atoms with Crippen molar-refractivity contribution >= 4 is 23.1 Å². The predicted molar refractivity (Wildman–Crippen MR) is 146 cm³/mol. The summed E-state index contributed by atoms with van der Waals surface area (Å²) in [4.78, 5) is 18.5. The van der Waals surface area contributed by atoms with Crippen molar-refractivity contribution < 1.29 is 9.47 Å². The van der Waals surface area contributed by atoms with Crippen LogP contribution in [0.3, 0.4) is 0 Å². The Bertz CT molecular complexity index is 1180. The SMILES string of the molecule is COc1cc(Nc2nccc(Nc3cnc4c(c3)CN(C)CC4)n2)ccc1OCCCN1CCCCC1. The number of hydrogen-bond donors (Lipinski definition) is 2. The quantitative estimate of drug-likeness (QED) is 0.385. The number of piperidine rings is 1. The Kier molecular flexibility index (Phi) is 8.32. The maximum Gasteiger partial charge on any atom is 0.229 e. The zero-order valence-electron chi connectivity index (χ0n) is 21.9. The Hall–Kier alpha value is -3.43. The maximum absolute atomic E-state index is 6.03. The van der Waals surface area contributed by atoms with Gasteiger partial charge in [-0.25, -0.2) is 4.98 Å². The molecule has 1 fully saturated rings. The summed E-state index contributed by atoms with van der Waals surface area (Å²) < 4.78 is 11.6. The van der Waals surface area contributed by atoms with E-state index >= 15 is 0 Å². The van der Waals surface area contributed by atoms with Crippen LogP contribution in [0.4, 0.5) is 23.1 Å². The number of rotatable bonds is 10. The van der Waals surface area contributed by atoms with Crippen molar-refractivity contribution in [2.24, 2.45) is 0 Å². The zero-order valence-corrected chi connectivity index (χ0v) is 21.9. The summed E-state index contributed by atoms with van der Waals surface area (Å²) in [5, 5.41) is 6.63. The standard InChI is InChI=1S/C28H37N7O2/c1-34-15-10-24-21(20-34)17-23(19-30-24)31-27-9-11-29-28(33-27)32-22-7-8-25(26(18-22)36-2)37-16-6-14-35-12-4-3-5-13-35/h7-9,11,17-19H,3-6,10,12-16,20H2,1-2H3,(H2,29,31,32,33). The highest BCUT2D eigenvalue weighted by Crippen LogP contribution is 2.31. The molecule has 0 aliphatic carbocycles. The molecular weight excluding hydrogens is 466 g/mol. The molecule has 2 aromatic heterocycles. The van der Waals surface area contributed by atoms with Gasteiger partial charge in [-0.15, -0.1) is 0 Å². The first-order valence-electron chi connectivity index (χ1n) is 13.2. The van der Waals surface area contributed by atoms with Gasteiger partial charge < -0.3 is 29.9 Å². The van der Waals surface area contributed by atoms with E-state index < -0.39 is 0 Å². The Morgan fingerprint density at radius 1 is 0.946 bits per heavy atom. The van der Waals surface area contributed by atoms with Crippen molar-refractivity contribution in [3.05, 3.63) is 54.0 Å². The van der Waals surface area contributed by atoms with Crippen LogP contribution in [0.1, 0.15) is 36.9 Å². The summed E-state index contributed by atoms with van der Waals surface area (Å²) in [6.07, 6.45) is 9.58. The van der Waals surface area contributed by atoms with Crippen LogP contribution in [-0.4, -0.2) is 71.7 Å². The molecule has 3 aromatic rings. The molecule has 0 spiro atoms. The molecule has 0 amide bonds. The molecule has 2 aliphatic heterocycles. The maximum atomic E-state index is 6.03. The third-order valence-electron chi connectivity index (χ3n) is 6.90. The molecule has 5 rings (SSSR count). The topological polar surface area (TPSA) is 87.7 Å². The number of benzene rings is 1. The fourth-order valence-corrected chi connectivity index (χ4v) is 4.92. The number of methoxy groups -OCH3 is 1. The molecule has 0 atom stereocenters. The van der Waals surface area contributed by atoms with E-state index in [0.717, 1.165) is 49.6 Å². The highest BCUT2D eigenvalue weighted by Gasteiger charge is 2.15. The lowest BCUT2D eigenvalue weighted by Gasteiger charge is -2.26. The minimum Gasteiger partial charge on any atom is -0.493 e. The van der Waals surface area contributed by atoms with Crippen LogP contribution in [0.2, 0.25) is 0 Å². The van der Waals surface area contributed by atoms with E-state index in [-0.39, 0.29) is 0 Å². The number of likely N-dealkylation sites (tertiary alicyclic amines) is 1. The van der Waals surface area contributed by atoms with Crippen molar-refractivity contribution in [1.82, 2.24) is 24.8 Å². The molecule has 196 valence electrons. The summed E-state index contributed by atoms with van der Waals surface area (Å²) in [5.41, 5.74) is 4.18. The molecule has 9 heteroatoms. The number of fused-ring (bicyclic) bond motifs is 1. The lowest BCUT2D eigenvalue weighted by molar-refractivity contribution is 0.203. The second-order valence-corrected chi connectivity index (χ2v) is 9.80. The molecule has 0 unspecified atom stereocenters. The number of nitrogens with zero attached hydrogens (tertiary/aromatic N) is 5. The van der Waals surface area contributed by atoms with E-state index in [1.54, 1.807) is 13.3 Å². The second kappa shape index (κ2) is 12.2. The van der Waals surface area contributed by atoms with Gasteiger partial charge in [0.1, 0.15) is 5.82 Å². The molecule has 2 N–H and O–H groups in total. The average molecular weight is 504 g/mol. The number of likely N-dealkylation sites (N-methyl/N-ethyl adjacent to an activating group) is 1. The Balaban J connectivity index is 1.18. The first-order chi connectivity index (χ1) is 18.2. The molecule has 4 heterocycles. The van der Waals surface area contributed by atoms with Gasteiger partial charge in [0.25, 0.3) is 0 Å². The average Bonchev–Trinajstić information content (AvgIpc) is 2.92. The van der Waals surface area contributed by atoms with Gasteiger partial charge in [-0.1, -0.05) is 6.42 Å². The fourth-order valence-electron chi connectivity index (χ4n) is 4.92. The van der Waals surface area contributed by atoms with Crippen LogP contribution < -0.4 is 20.1 Å². The second-order valence-electron chi connectivity index (χ2n) is 9.80. The fraction of sp³-hybridized carbons (Fsp3) is 0.464. The van der Waals surface area contributed by atoms with Gasteiger partial charge in [-0.2, -0.15) is 4.98 Å². The van der Waals surface area contributed by atoms with Crippen molar-refractivity contribution in [3.63, 3.8) is 0 Å². The van der Waals surface area contributed by atoms with Gasteiger partial charge in [-0.3, -0.25) is 4.98 Å². The van der Waals surface area contributed by atoms with Gasteiger partial charge >= 0.3 is 0 Å². The van der Waals surface area contributed by atoms with E-state index in [1.807, 2.05) is 30.5 Å². The van der Waals surface area contributed by atoms with Gasteiger partial charge in [0.2, 0.25) is 5.95 Å². The number of pyridine rings is 1. The molecule has 0 radical (unpaired) electrons. The van der Waals surface area contributed by atoms with Gasteiger partial charge in [0, 0.05) is 49.7 Å². The highest BCUT2D eigenvalue weighted by atomic mass is 16.5. The third-order valence-corrected chi connectivity index (χ3v) is 6.90. The summed E-state index contributed by atoms with van der Waals surface area (Å²) >= 11 is 0. The van der Waals surface area contributed by atoms with E-state index in [4.69, 9.17) is 9.47 Å². The molecule has 0 bridgehead atoms. The minimum absolute atomic E-state index is 0.493. The molecular formula is C28H37N7O2. The number of ether oxygens (including phenoxy) is 2. The van der Waals surface area contributed by atoms with Crippen LogP contribution in [0, 0.1) is 0 Å². The third kappa shape index (κ3) is 6.87. The van der Waals surface area contributed by atoms with Crippen molar-refractivity contribution in [3.8, 4) is 11.5 Å². The summed E-state index contributed by atoms with van der Waals surface area (Å²) in [7, 11) is 3.79. The highest BCUT2D eigenvalue weighted by molar-refractivity contribution is 5.62. The first-order valence-corrected chi connectivity index (χ1v) is 13.2. The molecule has 1 saturated heterocycles. The molecule has 9 nitrogen and oxygen atoms in total. The Morgan fingerprint density at radius 3 is 2.70 bits per heavy atom. The van der Waals surface area contributed by atoms with Crippen molar-refractivity contribution in [1.29, 1.82) is 0 Å². The number of anilines is 4. The van der Waals surface area contributed by atoms with Crippen LogP contribution in [0.5, 0.6) is 11.5 Å².